The molecular weight excluding hydrogens is 606 g/mol. The first-order chi connectivity index (χ1) is 22.9. The lowest BCUT2D eigenvalue weighted by molar-refractivity contribution is 0.101. The molecule has 3 aromatic carbocycles. The molecule has 1 aliphatic heterocycles. The number of pyridine rings is 1. The van der Waals surface area contributed by atoms with Gasteiger partial charge >= 0.3 is 0 Å². The standard InChI is InChI=1S/C35H34F2N6O4/c1-42-15-17-43(18-16-42)14-3-19-46-33-22-29-26(21-32(33)45-2)30(11-13-38-29)47-31-9-8-25(20-27(31)37)40-35(44)34-39-12-10-28(41-34)23-4-6-24(36)7-5-23/h4-13,20-22H,3,14-19H2,1-2H3,(H,40,44). The third kappa shape index (κ3) is 7.79. The highest BCUT2D eigenvalue weighted by molar-refractivity contribution is 6.01. The number of piperazine rings is 1. The molecule has 0 saturated carbocycles. The van der Waals surface area contributed by atoms with Crippen LogP contribution in [0.5, 0.6) is 23.0 Å². The summed E-state index contributed by atoms with van der Waals surface area (Å²) in [6.07, 6.45) is 3.89. The Balaban J connectivity index is 1.11. The average Bonchev–Trinajstić information content (AvgIpc) is 3.09. The van der Waals surface area contributed by atoms with Gasteiger partial charge in [-0.25, -0.2) is 18.7 Å². The van der Waals surface area contributed by atoms with Crippen LogP contribution in [0.2, 0.25) is 0 Å². The van der Waals surface area contributed by atoms with Crippen molar-refractivity contribution in [3.63, 3.8) is 0 Å². The van der Waals surface area contributed by atoms with Crippen LogP contribution in [0.25, 0.3) is 22.2 Å². The van der Waals surface area contributed by atoms with Crippen LogP contribution in [0.4, 0.5) is 14.5 Å². The summed E-state index contributed by atoms with van der Waals surface area (Å²) in [5.74, 6) is -0.421. The van der Waals surface area contributed by atoms with E-state index in [0.29, 0.717) is 46.0 Å². The smallest absolute Gasteiger partial charge is 0.293 e. The molecule has 1 aliphatic rings. The molecular formula is C35H34F2N6O4. The van der Waals surface area contributed by atoms with Gasteiger partial charge in [0.05, 0.1) is 24.9 Å². The van der Waals surface area contributed by atoms with Gasteiger partial charge in [0.1, 0.15) is 11.6 Å². The molecule has 1 amide bonds. The molecule has 0 atom stereocenters. The largest absolute Gasteiger partial charge is 0.493 e. The van der Waals surface area contributed by atoms with Crippen molar-refractivity contribution >= 4 is 22.5 Å². The van der Waals surface area contributed by atoms with Gasteiger partial charge in [-0.3, -0.25) is 9.78 Å². The number of benzene rings is 3. The number of fused-ring (bicyclic) bond motifs is 1. The maximum atomic E-state index is 15.2. The summed E-state index contributed by atoms with van der Waals surface area (Å²) in [5.41, 5.74) is 1.86. The van der Waals surface area contributed by atoms with E-state index in [1.54, 1.807) is 49.7 Å². The molecule has 242 valence electrons. The number of carbonyl (C=O) groups is 1. The number of nitrogens with one attached hydrogen (secondary N) is 1. The summed E-state index contributed by atoms with van der Waals surface area (Å²) < 4.78 is 46.2. The van der Waals surface area contributed by atoms with Crippen LogP contribution >= 0.6 is 0 Å². The van der Waals surface area contributed by atoms with Crippen LogP contribution in [0.3, 0.4) is 0 Å². The summed E-state index contributed by atoms with van der Waals surface area (Å²) in [6.45, 7) is 5.77. The fraction of sp³-hybridized carbons (Fsp3) is 0.257. The summed E-state index contributed by atoms with van der Waals surface area (Å²) in [4.78, 5) is 30.4. The van der Waals surface area contributed by atoms with Crippen LogP contribution in [-0.2, 0) is 0 Å². The van der Waals surface area contributed by atoms with Crippen LogP contribution in [-0.4, -0.2) is 84.1 Å². The lowest BCUT2D eigenvalue weighted by atomic mass is 10.1. The van der Waals surface area contributed by atoms with E-state index >= 15 is 4.39 Å². The second-order valence-corrected chi connectivity index (χ2v) is 11.2. The minimum Gasteiger partial charge on any atom is -0.493 e. The molecule has 5 aromatic rings. The van der Waals surface area contributed by atoms with E-state index in [2.05, 4.69) is 37.1 Å². The van der Waals surface area contributed by atoms with Crippen molar-refractivity contribution in [3.8, 4) is 34.3 Å². The predicted molar refractivity (Wildman–Crippen MR) is 174 cm³/mol. The van der Waals surface area contributed by atoms with Crippen LogP contribution in [0.15, 0.2) is 79.1 Å². The van der Waals surface area contributed by atoms with E-state index in [0.717, 1.165) is 45.2 Å². The summed E-state index contributed by atoms with van der Waals surface area (Å²) >= 11 is 0. The van der Waals surface area contributed by atoms with Gasteiger partial charge in [-0.1, -0.05) is 0 Å². The summed E-state index contributed by atoms with van der Waals surface area (Å²) in [6, 6.07) is 16.6. The molecule has 0 unspecified atom stereocenters. The lowest BCUT2D eigenvalue weighted by Gasteiger charge is -2.32. The van der Waals surface area contributed by atoms with E-state index in [-0.39, 0.29) is 23.1 Å². The predicted octanol–water partition coefficient (Wildman–Crippen LogP) is 6.04. The van der Waals surface area contributed by atoms with Gasteiger partial charge in [-0.2, -0.15) is 0 Å². The topological polar surface area (TPSA) is 102 Å². The molecule has 1 N–H and O–H groups in total. The first-order valence-corrected chi connectivity index (χ1v) is 15.2. The fourth-order valence-corrected chi connectivity index (χ4v) is 5.25. The van der Waals surface area contributed by atoms with E-state index in [1.807, 2.05) is 0 Å². The van der Waals surface area contributed by atoms with Crippen molar-refractivity contribution in [2.75, 3.05) is 58.8 Å². The highest BCUT2D eigenvalue weighted by Gasteiger charge is 2.17. The molecule has 0 aliphatic carbocycles. The van der Waals surface area contributed by atoms with Gasteiger partial charge in [0.2, 0.25) is 5.82 Å². The Kier molecular flexibility index (Phi) is 9.79. The van der Waals surface area contributed by atoms with Crippen molar-refractivity contribution in [3.05, 3.63) is 96.6 Å². The van der Waals surface area contributed by atoms with Gasteiger partial charge < -0.3 is 29.3 Å². The number of amides is 1. The third-order valence-corrected chi connectivity index (χ3v) is 7.87. The summed E-state index contributed by atoms with van der Waals surface area (Å²) in [7, 11) is 3.70. The third-order valence-electron chi connectivity index (χ3n) is 7.87. The lowest BCUT2D eigenvalue weighted by Crippen LogP contribution is -2.44. The highest BCUT2D eigenvalue weighted by Crippen LogP contribution is 2.38. The Morgan fingerprint density at radius 2 is 1.66 bits per heavy atom. The van der Waals surface area contributed by atoms with Crippen molar-refractivity contribution in [1.29, 1.82) is 0 Å². The van der Waals surface area contributed by atoms with E-state index in [1.165, 1.54) is 30.5 Å². The Hall–Kier alpha value is -5.20. The molecule has 47 heavy (non-hydrogen) atoms. The number of likely N-dealkylation sites (N-methyl/N-ethyl adjacent to an activating group) is 1. The fourth-order valence-electron chi connectivity index (χ4n) is 5.25. The number of halogens is 2. The Morgan fingerprint density at radius 3 is 2.43 bits per heavy atom. The SMILES string of the molecule is COc1cc2c(Oc3ccc(NC(=O)c4nccc(-c5ccc(F)cc5)n4)cc3F)ccnc2cc1OCCCN1CCN(C)CC1. The maximum absolute atomic E-state index is 15.2. The summed E-state index contributed by atoms with van der Waals surface area (Å²) in [5, 5.41) is 3.22. The number of rotatable bonds is 11. The van der Waals surface area contributed by atoms with E-state index in [4.69, 9.17) is 14.2 Å². The molecule has 10 nitrogen and oxygen atoms in total. The van der Waals surface area contributed by atoms with Crippen LogP contribution in [0, 0.1) is 11.6 Å². The molecule has 1 fully saturated rings. The minimum atomic E-state index is -0.694. The quantitative estimate of drug-likeness (QED) is 0.173. The molecule has 0 spiro atoms. The van der Waals surface area contributed by atoms with Gasteiger partial charge in [-0.05, 0) is 68.1 Å². The van der Waals surface area contributed by atoms with Gasteiger partial charge in [-0.15, -0.1) is 0 Å². The minimum absolute atomic E-state index is 0.0479. The van der Waals surface area contributed by atoms with Crippen molar-refractivity contribution in [2.24, 2.45) is 0 Å². The number of methoxy groups -OCH3 is 1. The van der Waals surface area contributed by atoms with Crippen molar-refractivity contribution in [1.82, 2.24) is 24.8 Å². The maximum Gasteiger partial charge on any atom is 0.293 e. The van der Waals surface area contributed by atoms with Crippen LogP contribution in [0.1, 0.15) is 17.0 Å². The molecule has 0 bridgehead atoms. The molecule has 2 aromatic heterocycles. The molecule has 12 heteroatoms. The number of anilines is 1. The highest BCUT2D eigenvalue weighted by atomic mass is 19.1. The molecule has 3 heterocycles. The zero-order chi connectivity index (χ0) is 32.8. The van der Waals surface area contributed by atoms with Crippen molar-refractivity contribution in [2.45, 2.75) is 6.42 Å². The first-order valence-electron chi connectivity index (χ1n) is 15.2. The number of ether oxygens (including phenoxy) is 3. The average molecular weight is 641 g/mol. The number of hydrogen-bond acceptors (Lipinski definition) is 9. The van der Waals surface area contributed by atoms with Gasteiger partial charge in [0.15, 0.2) is 23.1 Å². The van der Waals surface area contributed by atoms with Gasteiger partial charge in [0, 0.05) is 73.9 Å². The van der Waals surface area contributed by atoms with E-state index < -0.39 is 11.7 Å². The zero-order valence-electron chi connectivity index (χ0n) is 26.1. The van der Waals surface area contributed by atoms with Crippen LogP contribution < -0.4 is 19.5 Å². The Morgan fingerprint density at radius 1 is 0.872 bits per heavy atom. The number of carbonyl (C=O) groups excluding carboxylic acids is 1. The number of hydrogen-bond donors (Lipinski definition) is 1. The molecule has 0 radical (unpaired) electrons. The Bertz CT molecular complexity index is 1870. The second kappa shape index (κ2) is 14.5. The van der Waals surface area contributed by atoms with Crippen molar-refractivity contribution < 1.29 is 27.8 Å². The number of aromatic nitrogens is 3. The molecule has 6 rings (SSSR count). The molecule has 1 saturated heterocycles. The Labute approximate surface area is 270 Å². The normalized spacial score (nSPS) is 13.8. The first kappa shape index (κ1) is 31.8. The second-order valence-electron chi connectivity index (χ2n) is 11.2. The number of nitrogens with zero attached hydrogens (tertiary/aromatic N) is 5. The monoisotopic (exact) mass is 640 g/mol. The van der Waals surface area contributed by atoms with Gasteiger partial charge in [0.25, 0.3) is 5.91 Å². The van der Waals surface area contributed by atoms with E-state index in [9.17, 15) is 9.18 Å². The zero-order valence-corrected chi connectivity index (χ0v) is 26.1.